The average Bonchev–Trinajstić information content (AvgIpc) is 3.39. The van der Waals surface area contributed by atoms with E-state index >= 15 is 0 Å². The van der Waals surface area contributed by atoms with Crippen molar-refractivity contribution in [1.82, 2.24) is 9.47 Å². The Morgan fingerprint density at radius 3 is 2.62 bits per heavy atom. The normalized spacial score (nSPS) is 25.1. The minimum Gasteiger partial charge on any atom is -0.391 e. The minimum atomic E-state index is -0.294. The van der Waals surface area contributed by atoms with Crippen molar-refractivity contribution >= 4 is 5.78 Å². The van der Waals surface area contributed by atoms with E-state index in [-0.39, 0.29) is 17.9 Å². The molecule has 2 aromatic rings. The minimum absolute atomic E-state index is 0.133. The first-order chi connectivity index (χ1) is 15.5. The molecule has 168 valence electrons. The molecular weight excluding hydrogens is 402 g/mol. The molecule has 0 saturated carbocycles. The molecule has 1 aromatic heterocycles. The number of aromatic nitrogens is 1. The van der Waals surface area contributed by atoms with Crippen LogP contribution in [0.25, 0.3) is 5.69 Å². The molecular formula is C26H31N3O3. The van der Waals surface area contributed by atoms with Crippen molar-refractivity contribution in [1.29, 1.82) is 5.26 Å². The number of hydrogen-bond donors (Lipinski definition) is 1. The number of nitriles is 1. The van der Waals surface area contributed by atoms with Crippen molar-refractivity contribution < 1.29 is 14.6 Å². The molecule has 2 unspecified atom stereocenters. The molecule has 2 bridgehead atoms. The highest BCUT2D eigenvalue weighted by atomic mass is 16.5. The van der Waals surface area contributed by atoms with E-state index in [0.29, 0.717) is 24.1 Å². The van der Waals surface area contributed by atoms with Crippen molar-refractivity contribution in [2.75, 3.05) is 19.8 Å². The van der Waals surface area contributed by atoms with Crippen LogP contribution in [0.1, 0.15) is 59.4 Å². The molecule has 0 spiro atoms. The van der Waals surface area contributed by atoms with Gasteiger partial charge in [0, 0.05) is 40.6 Å². The number of aryl methyl sites for hydroxylation is 1. The van der Waals surface area contributed by atoms with Gasteiger partial charge < -0.3 is 14.4 Å². The second kappa shape index (κ2) is 8.82. The SMILES string of the molecule is Cc1c(C(=O)CN2C3CCC2[C@@H](O)C3)cc(CCCC2COC2)n1-c1ccc(C#N)cc1. The predicted octanol–water partition coefficient (Wildman–Crippen LogP) is 3.41. The van der Waals surface area contributed by atoms with E-state index in [1.54, 1.807) is 0 Å². The fourth-order valence-corrected chi connectivity index (χ4v) is 5.77. The number of hydrogen-bond acceptors (Lipinski definition) is 5. The number of ketones is 1. The molecule has 6 nitrogen and oxygen atoms in total. The Morgan fingerprint density at radius 1 is 1.25 bits per heavy atom. The van der Waals surface area contributed by atoms with Gasteiger partial charge in [-0.05, 0) is 75.8 Å². The standard InChI is InChI=1S/C26H31N3O3/c1-17-23(26(31)14-28-21-9-10-24(28)25(30)12-21)11-22(4-2-3-19-15-32-16-19)29(17)20-7-5-18(13-27)6-8-20/h5-8,11,19,21,24-25,30H,2-4,9-10,12,14-16H2,1H3/t21?,24?,25-/m0/s1. The Kier molecular flexibility index (Phi) is 5.90. The zero-order valence-electron chi connectivity index (χ0n) is 18.7. The van der Waals surface area contributed by atoms with Crippen LogP contribution in [0.15, 0.2) is 30.3 Å². The third kappa shape index (κ3) is 3.90. The van der Waals surface area contributed by atoms with Crippen LogP contribution in [-0.4, -0.2) is 58.3 Å². The fraction of sp³-hybridized carbons (Fsp3) is 0.538. The van der Waals surface area contributed by atoms with Gasteiger partial charge in [-0.2, -0.15) is 5.26 Å². The van der Waals surface area contributed by atoms with Gasteiger partial charge in [0.15, 0.2) is 5.78 Å². The highest BCUT2D eigenvalue weighted by molar-refractivity contribution is 5.99. The van der Waals surface area contributed by atoms with Crippen LogP contribution in [0.4, 0.5) is 0 Å². The summed E-state index contributed by atoms with van der Waals surface area (Å²) in [6.45, 7) is 4.12. The maximum Gasteiger partial charge on any atom is 0.178 e. The lowest BCUT2D eigenvalue weighted by Gasteiger charge is -2.25. The molecule has 1 aromatic carbocycles. The van der Waals surface area contributed by atoms with Crippen LogP contribution in [0, 0.1) is 24.2 Å². The number of Topliss-reactive ketones (excluding diaryl/α,β-unsaturated/α-hetero) is 1. The smallest absolute Gasteiger partial charge is 0.178 e. The number of rotatable bonds is 8. The zero-order valence-corrected chi connectivity index (χ0v) is 18.7. The lowest BCUT2D eigenvalue weighted by atomic mass is 9.98. The van der Waals surface area contributed by atoms with Crippen LogP contribution in [-0.2, 0) is 11.2 Å². The molecule has 3 atom stereocenters. The summed E-state index contributed by atoms with van der Waals surface area (Å²) in [5, 5.41) is 19.4. The molecule has 3 aliphatic heterocycles. The van der Waals surface area contributed by atoms with Crippen LogP contribution in [0.2, 0.25) is 0 Å². The van der Waals surface area contributed by atoms with Crippen molar-refractivity contribution in [3.05, 3.63) is 52.8 Å². The first kappa shape index (κ1) is 21.4. The summed E-state index contributed by atoms with van der Waals surface area (Å²) in [4.78, 5) is 15.6. The summed E-state index contributed by atoms with van der Waals surface area (Å²) in [5.41, 5.74) is 4.48. The Labute approximate surface area is 189 Å². The zero-order chi connectivity index (χ0) is 22.2. The van der Waals surface area contributed by atoms with Gasteiger partial charge in [-0.25, -0.2) is 0 Å². The number of fused-ring (bicyclic) bond motifs is 2. The molecule has 0 radical (unpaired) electrons. The number of carbonyl (C=O) groups is 1. The summed E-state index contributed by atoms with van der Waals surface area (Å²) in [6, 6.07) is 12.3. The summed E-state index contributed by atoms with van der Waals surface area (Å²) in [7, 11) is 0. The van der Waals surface area contributed by atoms with Gasteiger partial charge >= 0.3 is 0 Å². The predicted molar refractivity (Wildman–Crippen MR) is 121 cm³/mol. The summed E-state index contributed by atoms with van der Waals surface area (Å²) in [6.07, 6.45) is 5.66. The first-order valence-electron chi connectivity index (χ1n) is 11.8. The van der Waals surface area contributed by atoms with Crippen LogP contribution >= 0.6 is 0 Å². The molecule has 4 heterocycles. The number of ether oxygens (including phenoxy) is 1. The van der Waals surface area contributed by atoms with Crippen molar-refractivity contribution in [2.45, 2.75) is 63.6 Å². The van der Waals surface area contributed by atoms with E-state index in [4.69, 9.17) is 10.00 Å². The Hall–Kier alpha value is -2.46. The molecule has 32 heavy (non-hydrogen) atoms. The van der Waals surface area contributed by atoms with E-state index in [9.17, 15) is 9.90 Å². The van der Waals surface area contributed by atoms with Gasteiger partial charge in [-0.3, -0.25) is 9.69 Å². The van der Waals surface area contributed by atoms with Crippen LogP contribution in [0.3, 0.4) is 0 Å². The first-order valence-corrected chi connectivity index (χ1v) is 11.8. The van der Waals surface area contributed by atoms with Gasteiger partial charge in [0.25, 0.3) is 0 Å². The second-order valence-corrected chi connectivity index (χ2v) is 9.62. The molecule has 0 aliphatic carbocycles. The van der Waals surface area contributed by atoms with E-state index in [2.05, 4.69) is 21.6 Å². The number of carbonyl (C=O) groups excluding carboxylic acids is 1. The van der Waals surface area contributed by atoms with Crippen molar-refractivity contribution in [2.24, 2.45) is 5.92 Å². The molecule has 0 amide bonds. The number of benzene rings is 1. The van der Waals surface area contributed by atoms with Crippen LogP contribution < -0.4 is 0 Å². The quantitative estimate of drug-likeness (QED) is 0.646. The highest BCUT2D eigenvalue weighted by Crippen LogP contribution is 2.38. The Morgan fingerprint density at radius 2 is 2.03 bits per heavy atom. The van der Waals surface area contributed by atoms with E-state index in [0.717, 1.165) is 74.4 Å². The van der Waals surface area contributed by atoms with Gasteiger partial charge in [0.05, 0.1) is 37.5 Å². The highest BCUT2D eigenvalue weighted by Gasteiger charge is 2.46. The number of nitrogens with zero attached hydrogens (tertiary/aromatic N) is 3. The number of aliphatic hydroxyl groups excluding tert-OH is 1. The van der Waals surface area contributed by atoms with Crippen LogP contribution in [0.5, 0.6) is 0 Å². The third-order valence-corrected chi connectivity index (χ3v) is 7.61. The van der Waals surface area contributed by atoms with Gasteiger partial charge in [-0.15, -0.1) is 0 Å². The summed E-state index contributed by atoms with van der Waals surface area (Å²) < 4.78 is 7.48. The van der Waals surface area contributed by atoms with Gasteiger partial charge in [-0.1, -0.05) is 0 Å². The van der Waals surface area contributed by atoms with E-state index in [1.807, 2.05) is 31.2 Å². The average molecular weight is 434 g/mol. The monoisotopic (exact) mass is 433 g/mol. The molecule has 6 heteroatoms. The van der Waals surface area contributed by atoms with E-state index in [1.165, 1.54) is 0 Å². The molecule has 5 rings (SSSR count). The Balaban J connectivity index is 1.40. The fourth-order valence-electron chi connectivity index (χ4n) is 5.77. The molecule has 3 aliphatic rings. The Bertz CT molecular complexity index is 1030. The molecule has 3 fully saturated rings. The number of aliphatic hydroxyl groups is 1. The van der Waals surface area contributed by atoms with Gasteiger partial charge in [0.1, 0.15) is 0 Å². The van der Waals surface area contributed by atoms with Crippen molar-refractivity contribution in [3.8, 4) is 11.8 Å². The van der Waals surface area contributed by atoms with Crippen molar-refractivity contribution in [3.63, 3.8) is 0 Å². The lowest BCUT2D eigenvalue weighted by Crippen LogP contribution is -2.36. The lowest BCUT2D eigenvalue weighted by molar-refractivity contribution is -0.0362. The maximum atomic E-state index is 13.4. The second-order valence-electron chi connectivity index (χ2n) is 9.62. The summed E-state index contributed by atoms with van der Waals surface area (Å²) in [5.74, 6) is 0.794. The largest absolute Gasteiger partial charge is 0.391 e. The van der Waals surface area contributed by atoms with Gasteiger partial charge in [0.2, 0.25) is 0 Å². The third-order valence-electron chi connectivity index (χ3n) is 7.61. The maximum absolute atomic E-state index is 13.4. The topological polar surface area (TPSA) is 78.5 Å². The molecule has 1 N–H and O–H groups in total. The van der Waals surface area contributed by atoms with E-state index < -0.39 is 0 Å². The molecule has 3 saturated heterocycles. The summed E-state index contributed by atoms with van der Waals surface area (Å²) >= 11 is 0.